The molecule has 0 radical (unpaired) electrons. The molecule has 1 aromatic carbocycles. The molecule has 2 rings (SSSR count). The number of benzene rings is 1. The molecular formula is C18H27BrN2O5S. The summed E-state index contributed by atoms with van der Waals surface area (Å²) in [4.78, 5) is 14.2. The van der Waals surface area contributed by atoms with Gasteiger partial charge in [-0.2, -0.15) is 0 Å². The zero-order valence-electron chi connectivity index (χ0n) is 16.1. The quantitative estimate of drug-likeness (QED) is 0.673. The third-order valence-electron chi connectivity index (χ3n) is 4.23. The summed E-state index contributed by atoms with van der Waals surface area (Å²) >= 11 is 3.28. The maximum atomic E-state index is 12.5. The smallest absolute Gasteiger partial charge is 0.412 e. The van der Waals surface area contributed by atoms with E-state index < -0.39 is 27.8 Å². The van der Waals surface area contributed by atoms with E-state index in [0.29, 0.717) is 17.6 Å². The number of halogens is 1. The zero-order valence-corrected chi connectivity index (χ0v) is 18.5. The molecule has 1 heterocycles. The molecule has 1 aliphatic heterocycles. The minimum atomic E-state index is -3.75. The lowest BCUT2D eigenvalue weighted by Gasteiger charge is -2.34. The number of rotatable bonds is 5. The third kappa shape index (κ3) is 5.83. The molecular weight excluding hydrogens is 436 g/mol. The predicted molar refractivity (Wildman–Crippen MR) is 106 cm³/mol. The van der Waals surface area contributed by atoms with Gasteiger partial charge in [0.1, 0.15) is 10.6 Å². The van der Waals surface area contributed by atoms with Gasteiger partial charge in [-0.05, 0) is 44.5 Å². The van der Waals surface area contributed by atoms with Crippen molar-refractivity contribution in [3.05, 3.63) is 22.7 Å². The van der Waals surface area contributed by atoms with Gasteiger partial charge in [0.2, 0.25) is 10.0 Å². The minimum absolute atomic E-state index is 0.0253. The Morgan fingerprint density at radius 2 is 1.85 bits per heavy atom. The molecule has 27 heavy (non-hydrogen) atoms. The van der Waals surface area contributed by atoms with E-state index in [1.807, 2.05) is 20.8 Å². The first kappa shape index (κ1) is 22.0. The molecule has 0 saturated carbocycles. The van der Waals surface area contributed by atoms with Gasteiger partial charge < -0.3 is 14.4 Å². The van der Waals surface area contributed by atoms with Gasteiger partial charge in [0, 0.05) is 23.0 Å². The highest BCUT2D eigenvalue weighted by Crippen LogP contribution is 2.32. The van der Waals surface area contributed by atoms with Crippen molar-refractivity contribution in [3.8, 4) is 5.75 Å². The van der Waals surface area contributed by atoms with Crippen LogP contribution in [0.15, 0.2) is 27.6 Å². The van der Waals surface area contributed by atoms with Crippen LogP contribution in [0.4, 0.5) is 4.79 Å². The highest BCUT2D eigenvalue weighted by molar-refractivity contribution is 9.10. The maximum Gasteiger partial charge on any atom is 0.412 e. The fraction of sp³-hybridized carbons (Fsp3) is 0.611. The molecule has 1 amide bonds. The number of ether oxygens (including phenoxy) is 2. The lowest BCUT2D eigenvalue weighted by Crippen LogP contribution is -2.43. The standard InChI is InChI=1S/C18H27BrN2O5S/c1-18(2,3)16(26-17(22)21-10-6-5-7-11-21)25-14-9-8-13(19)12-15(14)27(23,24)20-4/h8-9,12,16,20H,5-7,10-11H2,1-4H3. The number of hydrogen-bond donors (Lipinski definition) is 1. The summed E-state index contributed by atoms with van der Waals surface area (Å²) in [6, 6.07) is 4.67. The number of hydrogen-bond acceptors (Lipinski definition) is 5. The molecule has 9 heteroatoms. The molecule has 1 aliphatic rings. The Bertz CT molecular complexity index is 770. The summed E-state index contributed by atoms with van der Waals surface area (Å²) in [5.41, 5.74) is -0.556. The number of sulfonamides is 1. The molecule has 152 valence electrons. The third-order valence-corrected chi connectivity index (χ3v) is 6.16. The van der Waals surface area contributed by atoms with Crippen molar-refractivity contribution in [2.75, 3.05) is 20.1 Å². The molecule has 1 atom stereocenters. The number of piperidine rings is 1. The number of carbonyl (C=O) groups is 1. The highest BCUT2D eigenvalue weighted by atomic mass is 79.9. The number of nitrogens with one attached hydrogen (secondary N) is 1. The first-order valence-corrected chi connectivity index (χ1v) is 11.2. The highest BCUT2D eigenvalue weighted by Gasteiger charge is 2.34. The molecule has 1 saturated heterocycles. The fourth-order valence-corrected chi connectivity index (χ4v) is 4.03. The first-order valence-electron chi connectivity index (χ1n) is 8.90. The lowest BCUT2D eigenvalue weighted by molar-refractivity contribution is -0.110. The Balaban J connectivity index is 2.28. The van der Waals surface area contributed by atoms with E-state index >= 15 is 0 Å². The van der Waals surface area contributed by atoms with Gasteiger partial charge in [-0.3, -0.25) is 0 Å². The predicted octanol–water partition coefficient (Wildman–Crippen LogP) is 3.73. The van der Waals surface area contributed by atoms with Crippen LogP contribution in [-0.4, -0.2) is 45.8 Å². The Labute approximate surface area is 169 Å². The van der Waals surface area contributed by atoms with Crippen LogP contribution in [0.1, 0.15) is 40.0 Å². The van der Waals surface area contributed by atoms with Crippen LogP contribution in [0.5, 0.6) is 5.75 Å². The average molecular weight is 463 g/mol. The summed E-state index contributed by atoms with van der Waals surface area (Å²) in [6.45, 7) is 6.92. The van der Waals surface area contributed by atoms with Gasteiger partial charge in [-0.1, -0.05) is 36.7 Å². The normalized spacial score (nSPS) is 16.7. The van der Waals surface area contributed by atoms with E-state index in [2.05, 4.69) is 20.7 Å². The largest absolute Gasteiger partial charge is 0.453 e. The zero-order chi connectivity index (χ0) is 20.2. The average Bonchev–Trinajstić information content (AvgIpc) is 2.62. The van der Waals surface area contributed by atoms with E-state index in [4.69, 9.17) is 9.47 Å². The van der Waals surface area contributed by atoms with E-state index in [-0.39, 0.29) is 10.6 Å². The second-order valence-electron chi connectivity index (χ2n) is 7.55. The molecule has 0 aromatic heterocycles. The van der Waals surface area contributed by atoms with Crippen LogP contribution in [0.25, 0.3) is 0 Å². The van der Waals surface area contributed by atoms with Crippen LogP contribution in [0, 0.1) is 5.41 Å². The molecule has 0 bridgehead atoms. The van der Waals surface area contributed by atoms with Crippen molar-refractivity contribution >= 4 is 32.0 Å². The topological polar surface area (TPSA) is 84.9 Å². The summed E-state index contributed by atoms with van der Waals surface area (Å²) in [5.74, 6) is 0.124. The van der Waals surface area contributed by atoms with Gasteiger partial charge >= 0.3 is 6.09 Å². The van der Waals surface area contributed by atoms with Crippen LogP contribution in [0.3, 0.4) is 0 Å². The van der Waals surface area contributed by atoms with Crippen LogP contribution < -0.4 is 9.46 Å². The second kappa shape index (κ2) is 8.79. The Morgan fingerprint density at radius 3 is 2.41 bits per heavy atom. The molecule has 0 spiro atoms. The van der Waals surface area contributed by atoms with Crippen molar-refractivity contribution in [1.29, 1.82) is 0 Å². The second-order valence-corrected chi connectivity index (χ2v) is 10.3. The molecule has 0 aliphatic carbocycles. The molecule has 7 nitrogen and oxygen atoms in total. The van der Waals surface area contributed by atoms with Gasteiger partial charge in [0.15, 0.2) is 0 Å². The van der Waals surface area contributed by atoms with Gasteiger partial charge in [0.25, 0.3) is 6.29 Å². The van der Waals surface area contributed by atoms with Gasteiger partial charge in [-0.25, -0.2) is 17.9 Å². The Kier molecular flexibility index (Phi) is 7.15. The van der Waals surface area contributed by atoms with E-state index in [1.165, 1.54) is 13.1 Å². The van der Waals surface area contributed by atoms with Crippen LogP contribution >= 0.6 is 15.9 Å². The van der Waals surface area contributed by atoms with Crippen molar-refractivity contribution in [2.24, 2.45) is 5.41 Å². The summed E-state index contributed by atoms with van der Waals surface area (Å²) in [5, 5.41) is 0. The molecule has 1 N–H and O–H groups in total. The number of nitrogens with zero attached hydrogens (tertiary/aromatic N) is 1. The number of carbonyl (C=O) groups excluding carboxylic acids is 1. The van der Waals surface area contributed by atoms with Gasteiger partial charge in [-0.15, -0.1) is 0 Å². The molecule has 1 aromatic rings. The SMILES string of the molecule is CNS(=O)(=O)c1cc(Br)ccc1OC(OC(=O)N1CCCCC1)C(C)(C)C. The van der Waals surface area contributed by atoms with E-state index in [1.54, 1.807) is 17.0 Å². The Hall–Kier alpha value is -1.32. The first-order chi connectivity index (χ1) is 12.5. The van der Waals surface area contributed by atoms with Crippen LogP contribution in [-0.2, 0) is 14.8 Å². The minimum Gasteiger partial charge on any atom is -0.453 e. The van der Waals surface area contributed by atoms with E-state index in [9.17, 15) is 13.2 Å². The maximum absolute atomic E-state index is 12.5. The molecule has 1 unspecified atom stereocenters. The molecule has 1 fully saturated rings. The summed E-state index contributed by atoms with van der Waals surface area (Å²) in [7, 11) is -2.42. The monoisotopic (exact) mass is 462 g/mol. The lowest BCUT2D eigenvalue weighted by atomic mass is 9.96. The number of amides is 1. The van der Waals surface area contributed by atoms with Crippen molar-refractivity contribution in [1.82, 2.24) is 9.62 Å². The fourth-order valence-electron chi connectivity index (χ4n) is 2.63. The van der Waals surface area contributed by atoms with Crippen LogP contribution in [0.2, 0.25) is 0 Å². The Morgan fingerprint density at radius 1 is 1.22 bits per heavy atom. The van der Waals surface area contributed by atoms with Gasteiger partial charge in [0.05, 0.1) is 0 Å². The summed E-state index contributed by atoms with van der Waals surface area (Å²) < 4.78 is 39.1. The number of likely N-dealkylation sites (tertiary alicyclic amines) is 1. The van der Waals surface area contributed by atoms with Crippen molar-refractivity contribution in [2.45, 2.75) is 51.2 Å². The summed E-state index contributed by atoms with van der Waals surface area (Å²) in [6.07, 6.45) is 1.62. The van der Waals surface area contributed by atoms with Crippen molar-refractivity contribution < 1.29 is 22.7 Å². The van der Waals surface area contributed by atoms with Crippen molar-refractivity contribution in [3.63, 3.8) is 0 Å². The van der Waals surface area contributed by atoms with E-state index in [0.717, 1.165) is 19.3 Å².